The van der Waals surface area contributed by atoms with Gasteiger partial charge in [-0.2, -0.15) is 5.10 Å². The van der Waals surface area contributed by atoms with Crippen LogP contribution in [0.15, 0.2) is 15.8 Å². The van der Waals surface area contributed by atoms with E-state index in [1.54, 1.807) is 0 Å². The molecule has 9 heavy (non-hydrogen) atoms. The minimum atomic E-state index is 0.476. The summed E-state index contributed by atoms with van der Waals surface area (Å²) in [6, 6.07) is 0. The molecule has 0 atom stereocenters. The normalized spacial score (nSPS) is 17.3. The Kier molecular flexibility index (Phi) is 1.90. The van der Waals surface area contributed by atoms with E-state index in [1.165, 1.54) is 0 Å². The Morgan fingerprint density at radius 1 is 1.56 bits per heavy atom. The lowest BCUT2D eigenvalue weighted by atomic mass is 10.1. The summed E-state index contributed by atoms with van der Waals surface area (Å²) in [7, 11) is 0. The highest BCUT2D eigenvalue weighted by molar-refractivity contribution is 9.11. The summed E-state index contributed by atoms with van der Waals surface area (Å²) in [6.07, 6.45) is 1.94. The van der Waals surface area contributed by atoms with Crippen LogP contribution in [0, 0.1) is 5.92 Å². The number of allylic oxidation sites excluding steroid dienone is 1. The zero-order valence-corrected chi connectivity index (χ0v) is 7.01. The number of halogens is 1. The molecule has 0 aromatic carbocycles. The molecule has 1 radical (unpaired) electrons. The monoisotopic (exact) mass is 187 g/mol. The van der Waals surface area contributed by atoms with Gasteiger partial charge in [-0.05, 0) is 27.9 Å². The van der Waals surface area contributed by atoms with E-state index in [1.807, 2.05) is 6.08 Å². The molecule has 0 N–H and O–H groups in total. The van der Waals surface area contributed by atoms with Crippen LogP contribution in [0.2, 0.25) is 0 Å². The van der Waals surface area contributed by atoms with E-state index in [0.29, 0.717) is 5.92 Å². The summed E-state index contributed by atoms with van der Waals surface area (Å²) in [5.74, 6) is 0.476. The first-order valence-corrected chi connectivity index (χ1v) is 3.65. The zero-order valence-electron chi connectivity index (χ0n) is 5.43. The van der Waals surface area contributed by atoms with Crippen molar-refractivity contribution >= 4 is 21.6 Å². The summed E-state index contributed by atoms with van der Waals surface area (Å²) in [5.41, 5.74) is 4.85. The maximum Gasteiger partial charge on any atom is 0.130 e. The van der Waals surface area contributed by atoms with Gasteiger partial charge in [0.15, 0.2) is 0 Å². The number of nitrogens with zero attached hydrogens (tertiary/aromatic N) is 2. The lowest BCUT2D eigenvalue weighted by Gasteiger charge is -1.96. The molecular formula is C6H8BrN2. The molecule has 0 saturated carbocycles. The first-order chi connectivity index (χ1) is 4.20. The van der Waals surface area contributed by atoms with Crippen molar-refractivity contribution < 1.29 is 0 Å². The topological polar surface area (TPSA) is 26.5 Å². The van der Waals surface area contributed by atoms with Gasteiger partial charge in [0, 0.05) is 0 Å². The fraction of sp³-hybridized carbons (Fsp3) is 0.500. The maximum absolute atomic E-state index is 3.92. The summed E-state index contributed by atoms with van der Waals surface area (Å²) in [5, 5.41) is 3.92. The van der Waals surface area contributed by atoms with E-state index in [-0.39, 0.29) is 0 Å². The minimum absolute atomic E-state index is 0.476. The lowest BCUT2D eigenvalue weighted by molar-refractivity contribution is 0.864. The molecular weight excluding hydrogens is 180 g/mol. The predicted molar refractivity (Wildman–Crippen MR) is 41.4 cm³/mol. The van der Waals surface area contributed by atoms with Crippen molar-refractivity contribution in [2.75, 3.05) is 0 Å². The van der Waals surface area contributed by atoms with Gasteiger partial charge in [0.05, 0.1) is 5.71 Å². The molecule has 0 aliphatic carbocycles. The van der Waals surface area contributed by atoms with E-state index in [2.05, 4.69) is 40.3 Å². The highest BCUT2D eigenvalue weighted by Gasteiger charge is 2.09. The van der Waals surface area contributed by atoms with Crippen LogP contribution in [0.25, 0.3) is 0 Å². The van der Waals surface area contributed by atoms with Crippen LogP contribution in [0.3, 0.4) is 0 Å². The van der Waals surface area contributed by atoms with Crippen molar-refractivity contribution in [1.29, 1.82) is 0 Å². The van der Waals surface area contributed by atoms with Crippen molar-refractivity contribution in [3.8, 4) is 0 Å². The number of hydrogen-bond donors (Lipinski definition) is 0. The molecule has 0 unspecified atom stereocenters. The van der Waals surface area contributed by atoms with Crippen LogP contribution < -0.4 is 5.43 Å². The van der Waals surface area contributed by atoms with Gasteiger partial charge in [0.1, 0.15) is 4.61 Å². The average Bonchev–Trinajstić information content (AvgIpc) is 2.14. The third-order valence-corrected chi connectivity index (χ3v) is 1.51. The summed E-state index contributed by atoms with van der Waals surface area (Å²) >= 11 is 3.23. The summed E-state index contributed by atoms with van der Waals surface area (Å²) < 4.78 is 0.825. The molecule has 0 bridgehead atoms. The molecule has 1 aliphatic rings. The summed E-state index contributed by atoms with van der Waals surface area (Å²) in [4.78, 5) is 0. The van der Waals surface area contributed by atoms with Gasteiger partial charge in [-0.1, -0.05) is 13.8 Å². The van der Waals surface area contributed by atoms with Gasteiger partial charge in [-0.15, -0.1) is 5.43 Å². The molecule has 0 aromatic heterocycles. The number of hydrogen-bond acceptors (Lipinski definition) is 1. The molecule has 0 aromatic rings. The Hall–Kier alpha value is -0.310. The van der Waals surface area contributed by atoms with E-state index in [0.717, 1.165) is 10.3 Å². The molecule has 1 aliphatic heterocycles. The second-order valence-corrected chi connectivity index (χ2v) is 3.06. The number of rotatable bonds is 1. The Labute approximate surface area is 63.2 Å². The van der Waals surface area contributed by atoms with E-state index < -0.39 is 0 Å². The van der Waals surface area contributed by atoms with Gasteiger partial charge in [0.2, 0.25) is 0 Å². The van der Waals surface area contributed by atoms with Gasteiger partial charge in [-0.3, -0.25) is 0 Å². The largest absolute Gasteiger partial charge is 0.154 e. The third kappa shape index (κ3) is 1.55. The maximum atomic E-state index is 3.92. The van der Waals surface area contributed by atoms with Crippen molar-refractivity contribution in [3.63, 3.8) is 0 Å². The van der Waals surface area contributed by atoms with Crippen molar-refractivity contribution in [3.05, 3.63) is 10.7 Å². The molecule has 49 valence electrons. The standard InChI is InChI=1S/C6H8BrN2/c1-4(2)5-3-6(7)9-8-5/h3-4H,1-2H3. The highest BCUT2D eigenvalue weighted by atomic mass is 79.9. The first-order valence-electron chi connectivity index (χ1n) is 2.86. The Morgan fingerprint density at radius 2 is 2.22 bits per heavy atom. The Bertz CT molecular complexity index is 170. The quantitative estimate of drug-likeness (QED) is 0.561. The van der Waals surface area contributed by atoms with Crippen molar-refractivity contribution in [2.45, 2.75) is 13.8 Å². The van der Waals surface area contributed by atoms with Crippen molar-refractivity contribution in [1.82, 2.24) is 5.43 Å². The SMILES string of the molecule is CC(C)C1=N[N]C(Br)=C1. The van der Waals surface area contributed by atoms with Gasteiger partial charge >= 0.3 is 0 Å². The van der Waals surface area contributed by atoms with Gasteiger partial charge < -0.3 is 0 Å². The van der Waals surface area contributed by atoms with Crippen LogP contribution in [-0.4, -0.2) is 5.71 Å². The molecule has 3 heteroatoms. The molecule has 0 fully saturated rings. The van der Waals surface area contributed by atoms with Crippen LogP contribution in [0.1, 0.15) is 13.8 Å². The molecule has 1 heterocycles. The molecule has 0 saturated heterocycles. The zero-order chi connectivity index (χ0) is 6.85. The fourth-order valence-corrected chi connectivity index (χ4v) is 0.881. The lowest BCUT2D eigenvalue weighted by Crippen LogP contribution is -2.00. The van der Waals surface area contributed by atoms with E-state index >= 15 is 0 Å². The van der Waals surface area contributed by atoms with Crippen LogP contribution in [0.5, 0.6) is 0 Å². The predicted octanol–water partition coefficient (Wildman–Crippen LogP) is 1.85. The Morgan fingerprint density at radius 3 is 2.44 bits per heavy atom. The summed E-state index contributed by atoms with van der Waals surface area (Å²) in [6.45, 7) is 4.19. The molecule has 1 rings (SSSR count). The fourth-order valence-electron chi connectivity index (χ4n) is 0.567. The van der Waals surface area contributed by atoms with Gasteiger partial charge in [-0.25, -0.2) is 0 Å². The van der Waals surface area contributed by atoms with Gasteiger partial charge in [0.25, 0.3) is 0 Å². The van der Waals surface area contributed by atoms with E-state index in [4.69, 9.17) is 0 Å². The smallest absolute Gasteiger partial charge is 0.130 e. The molecule has 2 nitrogen and oxygen atoms in total. The Balaban J connectivity index is 2.64. The van der Waals surface area contributed by atoms with Crippen molar-refractivity contribution in [2.24, 2.45) is 11.0 Å². The van der Waals surface area contributed by atoms with E-state index in [9.17, 15) is 0 Å². The average molecular weight is 188 g/mol. The van der Waals surface area contributed by atoms with Crippen LogP contribution >= 0.6 is 15.9 Å². The van der Waals surface area contributed by atoms with Crippen LogP contribution in [-0.2, 0) is 0 Å². The van der Waals surface area contributed by atoms with Crippen LogP contribution in [0.4, 0.5) is 0 Å². The second kappa shape index (κ2) is 2.52. The molecule has 0 amide bonds. The molecule has 0 spiro atoms. The highest BCUT2D eigenvalue weighted by Crippen LogP contribution is 2.12. The first kappa shape index (κ1) is 6.81. The second-order valence-electron chi connectivity index (χ2n) is 2.25. The third-order valence-electron chi connectivity index (χ3n) is 1.12. The minimum Gasteiger partial charge on any atom is -0.154 e.